The molecule has 1 aliphatic carbocycles. The Kier molecular flexibility index (Phi) is 5.95. The van der Waals surface area contributed by atoms with Gasteiger partial charge in [-0.05, 0) is 50.9 Å². The van der Waals surface area contributed by atoms with Crippen LogP contribution >= 0.6 is 0 Å². The van der Waals surface area contributed by atoms with Crippen molar-refractivity contribution in [3.05, 3.63) is 30.1 Å². The number of carbonyl (C=O) groups is 2. The lowest BCUT2D eigenvalue weighted by molar-refractivity contribution is -0.128. The van der Waals surface area contributed by atoms with E-state index in [1.807, 2.05) is 4.90 Å². The van der Waals surface area contributed by atoms with Crippen LogP contribution in [0.1, 0.15) is 55.3 Å². The van der Waals surface area contributed by atoms with E-state index in [9.17, 15) is 9.59 Å². The summed E-state index contributed by atoms with van der Waals surface area (Å²) in [4.78, 5) is 34.4. The Hall–Kier alpha value is -1.95. The van der Waals surface area contributed by atoms with Crippen LogP contribution < -0.4 is 5.32 Å². The Morgan fingerprint density at radius 2 is 1.79 bits per heavy atom. The minimum absolute atomic E-state index is 0.0275. The maximum atomic E-state index is 13.1. The van der Waals surface area contributed by atoms with E-state index in [2.05, 4.69) is 15.2 Å². The molecule has 6 heteroatoms. The van der Waals surface area contributed by atoms with E-state index in [4.69, 9.17) is 0 Å². The normalized spacial score (nSPS) is 24.6. The van der Waals surface area contributed by atoms with Crippen molar-refractivity contribution < 1.29 is 9.59 Å². The summed E-state index contributed by atoms with van der Waals surface area (Å²) in [5, 5.41) is 3.19. The number of amides is 2. The first kappa shape index (κ1) is 19.4. The minimum atomic E-state index is -0.0860. The Morgan fingerprint density at radius 1 is 1.07 bits per heavy atom. The summed E-state index contributed by atoms with van der Waals surface area (Å²) in [7, 11) is 0. The van der Waals surface area contributed by atoms with Gasteiger partial charge in [-0.1, -0.05) is 19.3 Å². The lowest BCUT2D eigenvalue weighted by Gasteiger charge is -2.37. The van der Waals surface area contributed by atoms with Gasteiger partial charge >= 0.3 is 0 Å². The molecule has 2 aliphatic heterocycles. The quantitative estimate of drug-likeness (QED) is 0.846. The zero-order valence-corrected chi connectivity index (χ0v) is 16.7. The molecule has 3 heterocycles. The fourth-order valence-electron chi connectivity index (χ4n) is 5.39. The van der Waals surface area contributed by atoms with Gasteiger partial charge in [-0.3, -0.25) is 14.6 Å². The van der Waals surface area contributed by atoms with Crippen LogP contribution in [-0.4, -0.2) is 65.9 Å². The van der Waals surface area contributed by atoms with Gasteiger partial charge in [-0.15, -0.1) is 0 Å². The Bertz CT molecular complexity index is 681. The lowest BCUT2D eigenvalue weighted by atomic mass is 9.67. The van der Waals surface area contributed by atoms with Gasteiger partial charge in [0.1, 0.15) is 0 Å². The number of pyridine rings is 1. The van der Waals surface area contributed by atoms with Crippen molar-refractivity contribution in [1.82, 2.24) is 20.1 Å². The third-order valence-corrected chi connectivity index (χ3v) is 6.95. The van der Waals surface area contributed by atoms with Crippen LogP contribution in [0.2, 0.25) is 0 Å². The average Bonchev–Trinajstić information content (AvgIpc) is 3.37. The second-order valence-corrected chi connectivity index (χ2v) is 8.74. The van der Waals surface area contributed by atoms with E-state index in [0.29, 0.717) is 25.2 Å². The molecule has 1 aromatic heterocycles. The second kappa shape index (κ2) is 8.60. The number of carbonyl (C=O) groups excluding carboxylic acids is 2. The Balaban J connectivity index is 1.42. The Morgan fingerprint density at radius 3 is 2.50 bits per heavy atom. The highest BCUT2D eigenvalue weighted by Crippen LogP contribution is 2.47. The number of rotatable bonds is 5. The number of aromatic nitrogens is 1. The number of nitrogens with one attached hydrogen (secondary N) is 1. The van der Waals surface area contributed by atoms with E-state index in [1.54, 1.807) is 24.5 Å². The van der Waals surface area contributed by atoms with E-state index in [-0.39, 0.29) is 23.1 Å². The van der Waals surface area contributed by atoms with Crippen molar-refractivity contribution in [1.29, 1.82) is 0 Å². The maximum Gasteiger partial charge on any atom is 0.254 e. The average molecular weight is 385 g/mol. The molecule has 3 fully saturated rings. The molecule has 3 aliphatic rings. The number of likely N-dealkylation sites (tertiary alicyclic amines) is 2. The van der Waals surface area contributed by atoms with Gasteiger partial charge in [0, 0.05) is 49.6 Å². The monoisotopic (exact) mass is 384 g/mol. The van der Waals surface area contributed by atoms with Gasteiger partial charge in [0.25, 0.3) is 5.91 Å². The second-order valence-electron chi connectivity index (χ2n) is 8.74. The molecule has 0 bridgehead atoms. The van der Waals surface area contributed by atoms with E-state index < -0.39 is 0 Å². The molecule has 28 heavy (non-hydrogen) atoms. The predicted octanol–water partition coefficient (Wildman–Crippen LogP) is 2.32. The zero-order chi connectivity index (χ0) is 19.4. The molecule has 2 saturated heterocycles. The smallest absolute Gasteiger partial charge is 0.254 e. The summed E-state index contributed by atoms with van der Waals surface area (Å²) < 4.78 is 0. The SMILES string of the molecule is O=C(NCCN1CCCC1)[C@@H]1CN(C(=O)c2ccncc2)CC12CCCCC2. The lowest BCUT2D eigenvalue weighted by Crippen LogP contribution is -2.44. The highest BCUT2D eigenvalue weighted by Gasteiger charge is 2.51. The van der Waals surface area contributed by atoms with Gasteiger partial charge in [-0.25, -0.2) is 0 Å². The van der Waals surface area contributed by atoms with Crippen LogP contribution in [-0.2, 0) is 4.79 Å². The third kappa shape index (κ3) is 4.07. The largest absolute Gasteiger partial charge is 0.354 e. The first-order valence-corrected chi connectivity index (χ1v) is 10.9. The first-order chi connectivity index (χ1) is 13.7. The van der Waals surface area contributed by atoms with E-state index in [1.165, 1.54) is 19.3 Å². The van der Waals surface area contributed by atoms with Crippen molar-refractivity contribution in [3.8, 4) is 0 Å². The molecule has 0 unspecified atom stereocenters. The fraction of sp³-hybridized carbons (Fsp3) is 0.682. The molecule has 1 atom stereocenters. The maximum absolute atomic E-state index is 13.1. The van der Waals surface area contributed by atoms with Crippen LogP contribution in [0.5, 0.6) is 0 Å². The number of hydrogen-bond donors (Lipinski definition) is 1. The molecule has 1 saturated carbocycles. The minimum Gasteiger partial charge on any atom is -0.354 e. The van der Waals surface area contributed by atoms with Gasteiger partial charge in [0.15, 0.2) is 0 Å². The van der Waals surface area contributed by atoms with Crippen molar-refractivity contribution in [2.45, 2.75) is 44.9 Å². The molecule has 1 N–H and O–H groups in total. The molecule has 4 rings (SSSR count). The first-order valence-electron chi connectivity index (χ1n) is 10.9. The van der Waals surface area contributed by atoms with Gasteiger partial charge in [0.2, 0.25) is 5.91 Å². The molecule has 1 aromatic rings. The number of nitrogens with zero attached hydrogens (tertiary/aromatic N) is 3. The summed E-state index contributed by atoms with van der Waals surface area (Å²) in [5.41, 5.74) is 0.620. The molecular formula is C22H32N4O2. The molecule has 152 valence electrons. The van der Waals surface area contributed by atoms with Crippen molar-refractivity contribution in [2.24, 2.45) is 11.3 Å². The molecule has 1 spiro atoms. The molecule has 6 nitrogen and oxygen atoms in total. The summed E-state index contributed by atoms with van der Waals surface area (Å²) in [6.45, 7) is 5.19. The predicted molar refractivity (Wildman–Crippen MR) is 108 cm³/mol. The van der Waals surface area contributed by atoms with Crippen LogP contribution in [0.3, 0.4) is 0 Å². The molecule has 2 amide bonds. The summed E-state index contributed by atoms with van der Waals surface area (Å²) in [5.74, 6) is 0.0861. The third-order valence-electron chi connectivity index (χ3n) is 6.95. The standard InChI is InChI=1S/C22H32N4O2/c27-20(24-12-15-25-13-4-5-14-25)19-16-26(17-22(19)8-2-1-3-9-22)21(28)18-6-10-23-11-7-18/h6-7,10-11,19H,1-5,8-9,12-17H2,(H,24,27)/t19-/m0/s1. The highest BCUT2D eigenvalue weighted by molar-refractivity contribution is 5.95. The summed E-state index contributed by atoms with van der Waals surface area (Å²) in [6.07, 6.45) is 11.5. The zero-order valence-electron chi connectivity index (χ0n) is 16.7. The molecular weight excluding hydrogens is 352 g/mol. The van der Waals surface area contributed by atoms with Gasteiger partial charge in [-0.2, -0.15) is 0 Å². The van der Waals surface area contributed by atoms with Gasteiger partial charge < -0.3 is 15.1 Å². The molecule has 0 radical (unpaired) electrons. The topological polar surface area (TPSA) is 65.5 Å². The number of hydrogen-bond acceptors (Lipinski definition) is 4. The summed E-state index contributed by atoms with van der Waals surface area (Å²) >= 11 is 0. The van der Waals surface area contributed by atoms with Crippen LogP contribution in [0.15, 0.2) is 24.5 Å². The highest BCUT2D eigenvalue weighted by atomic mass is 16.2. The van der Waals surface area contributed by atoms with Crippen LogP contribution in [0.4, 0.5) is 0 Å². The summed E-state index contributed by atoms with van der Waals surface area (Å²) in [6, 6.07) is 3.53. The van der Waals surface area contributed by atoms with E-state index >= 15 is 0 Å². The fourth-order valence-corrected chi connectivity index (χ4v) is 5.39. The van der Waals surface area contributed by atoms with Gasteiger partial charge in [0.05, 0.1) is 5.92 Å². The van der Waals surface area contributed by atoms with E-state index in [0.717, 1.165) is 45.3 Å². The van der Waals surface area contributed by atoms with Crippen LogP contribution in [0.25, 0.3) is 0 Å². The van der Waals surface area contributed by atoms with Crippen molar-refractivity contribution in [3.63, 3.8) is 0 Å². The molecule has 0 aromatic carbocycles. The van der Waals surface area contributed by atoms with Crippen LogP contribution in [0, 0.1) is 11.3 Å². The van der Waals surface area contributed by atoms with Crippen molar-refractivity contribution in [2.75, 3.05) is 39.3 Å². The van der Waals surface area contributed by atoms with Crippen molar-refractivity contribution >= 4 is 11.8 Å². The Labute approximate surface area is 167 Å².